The Bertz CT molecular complexity index is 1550. The van der Waals surface area contributed by atoms with Gasteiger partial charge >= 0.3 is 7.60 Å². The Labute approximate surface area is 260 Å². The van der Waals surface area contributed by atoms with Gasteiger partial charge in [0.1, 0.15) is 23.4 Å². The van der Waals surface area contributed by atoms with E-state index in [-0.39, 0.29) is 60.2 Å². The molecule has 5 rings (SSSR count). The first-order valence-electron chi connectivity index (χ1n) is 14.8. The number of carbonyl (C=O) groups excluding carboxylic acids is 3. The highest BCUT2D eigenvalue weighted by Crippen LogP contribution is 2.52. The predicted molar refractivity (Wildman–Crippen MR) is 158 cm³/mol. The van der Waals surface area contributed by atoms with Crippen LogP contribution in [0.4, 0.5) is 0 Å². The van der Waals surface area contributed by atoms with Crippen molar-refractivity contribution in [2.75, 3.05) is 19.6 Å². The second-order valence-corrected chi connectivity index (χ2v) is 13.5. The number of phenols is 2. The summed E-state index contributed by atoms with van der Waals surface area (Å²) in [6.07, 6.45) is -4.76. The summed E-state index contributed by atoms with van der Waals surface area (Å²) in [6.45, 7) is 6.54. The summed E-state index contributed by atoms with van der Waals surface area (Å²) in [5.74, 6) is -3.16. The lowest BCUT2D eigenvalue weighted by Gasteiger charge is -2.43. The zero-order valence-electron chi connectivity index (χ0n) is 25.5. The number of carbonyl (C=O) groups is 3. The van der Waals surface area contributed by atoms with Gasteiger partial charge in [0.05, 0.1) is 42.7 Å². The van der Waals surface area contributed by atoms with Crippen LogP contribution in [0.25, 0.3) is 0 Å². The average molecular weight is 648 g/mol. The molecule has 1 heterocycles. The van der Waals surface area contributed by atoms with Gasteiger partial charge in [0.2, 0.25) is 0 Å². The van der Waals surface area contributed by atoms with Crippen LogP contribution in [-0.4, -0.2) is 82.4 Å². The van der Waals surface area contributed by atoms with Crippen LogP contribution in [0.3, 0.4) is 0 Å². The van der Waals surface area contributed by atoms with Crippen LogP contribution in [0.2, 0.25) is 0 Å². The summed E-state index contributed by atoms with van der Waals surface area (Å²) in [7, 11) is -3.52. The maximum atomic E-state index is 13.5. The van der Waals surface area contributed by atoms with Crippen molar-refractivity contribution in [2.45, 2.75) is 83.2 Å². The van der Waals surface area contributed by atoms with Crippen molar-refractivity contribution in [1.29, 1.82) is 0 Å². The van der Waals surface area contributed by atoms with Crippen molar-refractivity contribution in [3.05, 3.63) is 57.6 Å². The number of hydrogen-bond donors (Lipinski definition) is 4. The van der Waals surface area contributed by atoms with Crippen LogP contribution in [0.15, 0.2) is 24.3 Å². The number of rotatable bonds is 10. The molecular weight excluding hydrogens is 609 g/mol. The zero-order valence-corrected chi connectivity index (χ0v) is 26.4. The van der Waals surface area contributed by atoms with Gasteiger partial charge in [0.25, 0.3) is 0 Å². The van der Waals surface area contributed by atoms with E-state index >= 15 is 0 Å². The van der Waals surface area contributed by atoms with Crippen LogP contribution in [-0.2, 0) is 39.0 Å². The van der Waals surface area contributed by atoms with E-state index < -0.39 is 84.7 Å². The van der Waals surface area contributed by atoms with Crippen LogP contribution < -0.4 is 5.73 Å². The normalized spacial score (nSPS) is 27.9. The number of Topliss-reactive ketones (excluding diaryl/α,β-unsaturated/α-hetero) is 1. The van der Waals surface area contributed by atoms with Gasteiger partial charge in [-0.1, -0.05) is 24.3 Å². The van der Waals surface area contributed by atoms with Crippen molar-refractivity contribution in [2.24, 2.45) is 5.73 Å². The SMILES string of the molecule is CCOP(=O)(CO[C@@H]1[C@H](C)O[C@@H](O[C@H]2C[C@](O)(C(C)=O)Cc3c(O)c4c(c(O)c32)C(=O)c2ccccc2C4=O)C[C@@H]1N)OCC. The molecule has 0 radical (unpaired) electrons. The van der Waals surface area contributed by atoms with E-state index in [2.05, 4.69) is 0 Å². The van der Waals surface area contributed by atoms with E-state index in [1.807, 2.05) is 0 Å². The first kappa shape index (κ1) is 33.4. The summed E-state index contributed by atoms with van der Waals surface area (Å²) < 4.78 is 41.6. The summed E-state index contributed by atoms with van der Waals surface area (Å²) in [6, 6.07) is 5.37. The quantitative estimate of drug-likeness (QED) is 0.185. The van der Waals surface area contributed by atoms with Crippen LogP contribution in [0.5, 0.6) is 11.5 Å². The second-order valence-electron chi connectivity index (χ2n) is 11.5. The number of nitrogens with two attached hydrogens (primary N) is 1. The number of benzene rings is 2. The van der Waals surface area contributed by atoms with E-state index in [1.54, 1.807) is 32.9 Å². The Morgan fingerprint density at radius 3 is 2.18 bits per heavy atom. The van der Waals surface area contributed by atoms with Gasteiger partial charge in [-0.05, 0) is 27.7 Å². The highest BCUT2D eigenvalue weighted by molar-refractivity contribution is 7.53. The summed E-state index contributed by atoms with van der Waals surface area (Å²) in [4.78, 5) is 39.6. The topological polar surface area (TPSA) is 201 Å². The minimum atomic E-state index is -3.52. The Morgan fingerprint density at radius 1 is 1.07 bits per heavy atom. The molecule has 2 aromatic carbocycles. The average Bonchev–Trinajstić information content (AvgIpc) is 2.97. The Morgan fingerprint density at radius 2 is 1.64 bits per heavy atom. The molecule has 2 aromatic rings. The second kappa shape index (κ2) is 12.7. The maximum Gasteiger partial charge on any atom is 0.356 e. The molecule has 14 heteroatoms. The largest absolute Gasteiger partial charge is 0.507 e. The Hall–Kier alpha value is -3.00. The zero-order chi connectivity index (χ0) is 32.8. The molecule has 2 aliphatic carbocycles. The monoisotopic (exact) mass is 647 g/mol. The van der Waals surface area contributed by atoms with Crippen LogP contribution in [0.1, 0.15) is 89.6 Å². The predicted octanol–water partition coefficient (Wildman–Crippen LogP) is 3.27. The fraction of sp³-hybridized carbons (Fsp3) is 0.516. The summed E-state index contributed by atoms with van der Waals surface area (Å²) in [5.41, 5.74) is 3.63. The highest BCUT2D eigenvalue weighted by Gasteiger charge is 2.49. The molecule has 1 fully saturated rings. The molecule has 6 atom stereocenters. The minimum Gasteiger partial charge on any atom is -0.507 e. The smallest absolute Gasteiger partial charge is 0.356 e. The molecule has 3 aliphatic rings. The van der Waals surface area contributed by atoms with E-state index in [1.165, 1.54) is 19.1 Å². The molecule has 5 N–H and O–H groups in total. The van der Waals surface area contributed by atoms with Crippen molar-refractivity contribution in [3.63, 3.8) is 0 Å². The lowest BCUT2D eigenvalue weighted by molar-refractivity contribution is -0.251. The van der Waals surface area contributed by atoms with Gasteiger partial charge in [-0.2, -0.15) is 0 Å². The van der Waals surface area contributed by atoms with Gasteiger partial charge in [0.15, 0.2) is 23.6 Å². The Kier molecular flexibility index (Phi) is 9.38. The van der Waals surface area contributed by atoms with Gasteiger partial charge in [-0.3, -0.25) is 18.9 Å². The molecule has 0 amide bonds. The fourth-order valence-electron chi connectivity index (χ4n) is 6.36. The molecule has 0 saturated carbocycles. The summed E-state index contributed by atoms with van der Waals surface area (Å²) in [5, 5.41) is 34.3. The van der Waals surface area contributed by atoms with E-state index in [0.29, 0.717) is 0 Å². The number of aliphatic hydroxyl groups is 1. The van der Waals surface area contributed by atoms with Crippen molar-refractivity contribution < 1.29 is 57.5 Å². The number of fused-ring (bicyclic) bond motifs is 3. The molecule has 1 aliphatic heterocycles. The fourth-order valence-corrected chi connectivity index (χ4v) is 7.72. The van der Waals surface area contributed by atoms with Gasteiger partial charge in [-0.15, -0.1) is 0 Å². The lowest BCUT2D eigenvalue weighted by Crippen LogP contribution is -2.54. The molecule has 244 valence electrons. The first-order chi connectivity index (χ1) is 21.2. The first-order valence-corrected chi connectivity index (χ1v) is 16.6. The van der Waals surface area contributed by atoms with Crippen LogP contribution >= 0.6 is 7.60 Å². The third-order valence-corrected chi connectivity index (χ3v) is 10.3. The molecule has 0 bridgehead atoms. The Balaban J connectivity index is 1.46. The van der Waals surface area contributed by atoms with E-state index in [4.69, 9.17) is 29.0 Å². The lowest BCUT2D eigenvalue weighted by atomic mass is 9.72. The molecule has 0 spiro atoms. The number of ether oxygens (including phenoxy) is 3. The number of aromatic hydroxyl groups is 2. The molecule has 45 heavy (non-hydrogen) atoms. The number of phenolic OH excluding ortho intramolecular Hbond substituents is 2. The standard InChI is InChI=1S/C31H38NO12P/c1-5-41-45(39,42-6-2)14-40-30-15(3)43-22(11-20(30)32)44-21-13-31(38,16(4)33)12-19-23(21)29(37)25-24(28(19)36)26(34)17-9-7-8-10-18(17)27(25)35/h7-10,15,20-22,30,36-38H,5-6,11-14,32H2,1-4H3/t15-,20-,21-,22-,30+,31-/m0/s1. The number of ketones is 3. The van der Waals surface area contributed by atoms with Gasteiger partial charge < -0.3 is 44.3 Å². The van der Waals surface area contributed by atoms with Crippen molar-refractivity contribution >= 4 is 24.9 Å². The molecule has 0 unspecified atom stereocenters. The van der Waals surface area contributed by atoms with E-state index in [0.717, 1.165) is 0 Å². The summed E-state index contributed by atoms with van der Waals surface area (Å²) >= 11 is 0. The van der Waals surface area contributed by atoms with Crippen LogP contribution in [0, 0.1) is 0 Å². The molecule has 13 nitrogen and oxygen atoms in total. The molecule has 0 aromatic heterocycles. The minimum absolute atomic E-state index is 0.0322. The van der Waals surface area contributed by atoms with E-state index in [9.17, 15) is 34.3 Å². The van der Waals surface area contributed by atoms with Gasteiger partial charge in [-0.25, -0.2) is 0 Å². The third kappa shape index (κ3) is 5.99. The van der Waals surface area contributed by atoms with Crippen molar-refractivity contribution in [1.82, 2.24) is 0 Å². The molecular formula is C31H38NO12P. The van der Waals surface area contributed by atoms with Crippen molar-refractivity contribution in [3.8, 4) is 11.5 Å². The highest BCUT2D eigenvalue weighted by atomic mass is 31.2. The maximum absolute atomic E-state index is 13.5. The third-order valence-electron chi connectivity index (χ3n) is 8.54. The number of hydrogen-bond acceptors (Lipinski definition) is 13. The molecule has 1 saturated heterocycles. The van der Waals surface area contributed by atoms with Gasteiger partial charge in [0, 0.05) is 47.6 Å².